The fraction of sp³-hybridized carbons (Fsp3) is 0.333. The maximum Gasteiger partial charge on any atom is 0.159 e. The molecule has 1 atom stereocenters. The molecule has 0 aliphatic rings. The first-order valence-electron chi connectivity index (χ1n) is 7.11. The third-order valence-electron chi connectivity index (χ3n) is 3.78. The van der Waals surface area contributed by atoms with E-state index in [-0.39, 0.29) is 11.7 Å². The van der Waals surface area contributed by atoms with Crippen LogP contribution in [0.3, 0.4) is 0 Å². The molecule has 0 saturated heterocycles. The van der Waals surface area contributed by atoms with Crippen molar-refractivity contribution < 1.29 is 13.2 Å². The van der Waals surface area contributed by atoms with E-state index in [0.29, 0.717) is 23.5 Å². The van der Waals surface area contributed by atoms with Gasteiger partial charge in [0, 0.05) is 0 Å². The Balaban J connectivity index is 2.24. The summed E-state index contributed by atoms with van der Waals surface area (Å²) >= 11 is 0. The molecule has 2 aromatic rings. The molecule has 0 N–H and O–H groups in total. The highest BCUT2D eigenvalue weighted by Crippen LogP contribution is 2.25. The standard InChI is InChI=1S/C18H19F3/c1-11(2)13-4-6-16(19)15(9-13)8-12(3)14-5-7-17(20)18(21)10-14/h4-7,9-12H,8H2,1-3H3. The Kier molecular flexibility index (Phi) is 4.71. The maximum atomic E-state index is 13.9. The van der Waals surface area contributed by atoms with E-state index in [1.165, 1.54) is 12.1 Å². The van der Waals surface area contributed by atoms with Crippen LogP contribution < -0.4 is 0 Å². The summed E-state index contributed by atoms with van der Waals surface area (Å²) in [6, 6.07) is 8.96. The molecule has 0 aliphatic heterocycles. The van der Waals surface area contributed by atoms with Gasteiger partial charge >= 0.3 is 0 Å². The fourth-order valence-corrected chi connectivity index (χ4v) is 2.38. The molecule has 0 saturated carbocycles. The maximum absolute atomic E-state index is 13.9. The molecule has 0 bridgehead atoms. The Bertz CT molecular complexity index is 632. The zero-order chi connectivity index (χ0) is 15.6. The van der Waals surface area contributed by atoms with E-state index >= 15 is 0 Å². The third kappa shape index (κ3) is 3.66. The summed E-state index contributed by atoms with van der Waals surface area (Å²) in [6.07, 6.45) is 0.456. The van der Waals surface area contributed by atoms with E-state index in [1.54, 1.807) is 12.1 Å². The Morgan fingerprint density at radius 3 is 2.00 bits per heavy atom. The molecule has 21 heavy (non-hydrogen) atoms. The van der Waals surface area contributed by atoms with E-state index in [0.717, 1.165) is 11.6 Å². The van der Waals surface area contributed by atoms with Gasteiger partial charge in [-0.3, -0.25) is 0 Å². The van der Waals surface area contributed by atoms with Gasteiger partial charge in [0.2, 0.25) is 0 Å². The third-order valence-corrected chi connectivity index (χ3v) is 3.78. The van der Waals surface area contributed by atoms with Crippen LogP contribution in [-0.2, 0) is 6.42 Å². The highest BCUT2D eigenvalue weighted by molar-refractivity contribution is 5.30. The van der Waals surface area contributed by atoms with E-state index in [2.05, 4.69) is 13.8 Å². The molecule has 2 rings (SSSR count). The molecular weight excluding hydrogens is 273 g/mol. The Labute approximate surface area is 123 Å². The quantitative estimate of drug-likeness (QED) is 0.690. The molecular formula is C18H19F3. The van der Waals surface area contributed by atoms with Crippen molar-refractivity contribution in [2.45, 2.75) is 39.0 Å². The van der Waals surface area contributed by atoms with Gasteiger partial charge in [0.15, 0.2) is 11.6 Å². The van der Waals surface area contributed by atoms with Gasteiger partial charge in [0.25, 0.3) is 0 Å². The lowest BCUT2D eigenvalue weighted by molar-refractivity contribution is 0.505. The molecule has 0 amide bonds. The summed E-state index contributed by atoms with van der Waals surface area (Å²) in [5.74, 6) is -1.75. The van der Waals surface area contributed by atoms with Crippen molar-refractivity contribution >= 4 is 0 Å². The summed E-state index contributed by atoms with van der Waals surface area (Å²) < 4.78 is 40.2. The summed E-state index contributed by atoms with van der Waals surface area (Å²) in [5.41, 5.74) is 2.35. The van der Waals surface area contributed by atoms with Crippen molar-refractivity contribution in [3.63, 3.8) is 0 Å². The lowest BCUT2D eigenvalue weighted by atomic mass is 9.91. The van der Waals surface area contributed by atoms with Gasteiger partial charge < -0.3 is 0 Å². The van der Waals surface area contributed by atoms with Crippen molar-refractivity contribution in [2.75, 3.05) is 0 Å². The molecule has 0 fully saturated rings. The minimum Gasteiger partial charge on any atom is -0.207 e. The van der Waals surface area contributed by atoms with Crippen LogP contribution >= 0.6 is 0 Å². The minimum atomic E-state index is -0.865. The van der Waals surface area contributed by atoms with Crippen LogP contribution in [0.2, 0.25) is 0 Å². The zero-order valence-corrected chi connectivity index (χ0v) is 12.5. The average molecular weight is 292 g/mol. The molecule has 0 radical (unpaired) electrons. The summed E-state index contributed by atoms with van der Waals surface area (Å²) in [5, 5.41) is 0. The van der Waals surface area contributed by atoms with E-state index in [4.69, 9.17) is 0 Å². The van der Waals surface area contributed by atoms with E-state index in [9.17, 15) is 13.2 Å². The summed E-state index contributed by atoms with van der Waals surface area (Å²) in [4.78, 5) is 0. The van der Waals surface area contributed by atoms with Gasteiger partial charge in [-0.05, 0) is 53.1 Å². The van der Waals surface area contributed by atoms with Crippen molar-refractivity contribution in [3.8, 4) is 0 Å². The van der Waals surface area contributed by atoms with Gasteiger partial charge in [-0.1, -0.05) is 39.0 Å². The summed E-state index contributed by atoms with van der Waals surface area (Å²) in [7, 11) is 0. The highest BCUT2D eigenvalue weighted by atomic mass is 19.2. The molecule has 112 valence electrons. The predicted octanol–water partition coefficient (Wildman–Crippen LogP) is 5.57. The SMILES string of the molecule is CC(C)c1ccc(F)c(CC(C)c2ccc(F)c(F)c2)c1. The molecule has 0 spiro atoms. The van der Waals surface area contributed by atoms with E-state index < -0.39 is 11.6 Å². The van der Waals surface area contributed by atoms with Crippen LogP contribution in [0.4, 0.5) is 13.2 Å². The molecule has 0 nitrogen and oxygen atoms in total. The first kappa shape index (κ1) is 15.6. The number of benzene rings is 2. The van der Waals surface area contributed by atoms with Crippen LogP contribution in [0.25, 0.3) is 0 Å². The minimum absolute atomic E-state index is 0.0861. The molecule has 0 aliphatic carbocycles. The van der Waals surface area contributed by atoms with Crippen molar-refractivity contribution in [1.29, 1.82) is 0 Å². The number of hydrogen-bond acceptors (Lipinski definition) is 0. The van der Waals surface area contributed by atoms with Crippen LogP contribution in [0.5, 0.6) is 0 Å². The monoisotopic (exact) mass is 292 g/mol. The summed E-state index contributed by atoms with van der Waals surface area (Å²) in [6.45, 7) is 5.99. The van der Waals surface area contributed by atoms with Crippen LogP contribution in [0.1, 0.15) is 49.3 Å². The first-order chi connectivity index (χ1) is 9.88. The van der Waals surface area contributed by atoms with Gasteiger partial charge in [-0.25, -0.2) is 13.2 Å². The number of halogens is 3. The molecule has 1 unspecified atom stereocenters. The zero-order valence-electron chi connectivity index (χ0n) is 12.5. The van der Waals surface area contributed by atoms with Crippen LogP contribution in [0.15, 0.2) is 36.4 Å². The average Bonchev–Trinajstić information content (AvgIpc) is 2.43. The van der Waals surface area contributed by atoms with Gasteiger partial charge in [-0.15, -0.1) is 0 Å². The fourth-order valence-electron chi connectivity index (χ4n) is 2.38. The topological polar surface area (TPSA) is 0 Å². The largest absolute Gasteiger partial charge is 0.207 e. The first-order valence-corrected chi connectivity index (χ1v) is 7.11. The molecule has 0 aromatic heterocycles. The van der Waals surface area contributed by atoms with Crippen molar-refractivity contribution in [1.82, 2.24) is 0 Å². The van der Waals surface area contributed by atoms with Crippen molar-refractivity contribution in [2.24, 2.45) is 0 Å². The molecule has 3 heteroatoms. The lowest BCUT2D eigenvalue weighted by Crippen LogP contribution is -2.03. The Hall–Kier alpha value is -1.77. The number of hydrogen-bond donors (Lipinski definition) is 0. The van der Waals surface area contributed by atoms with Gasteiger partial charge in [0.1, 0.15) is 5.82 Å². The normalized spacial score (nSPS) is 12.7. The van der Waals surface area contributed by atoms with Crippen LogP contribution in [0, 0.1) is 17.5 Å². The Morgan fingerprint density at radius 1 is 0.762 bits per heavy atom. The second-order valence-electron chi connectivity index (χ2n) is 5.78. The second kappa shape index (κ2) is 6.33. The molecule has 2 aromatic carbocycles. The van der Waals surface area contributed by atoms with E-state index in [1.807, 2.05) is 13.0 Å². The van der Waals surface area contributed by atoms with Gasteiger partial charge in [-0.2, -0.15) is 0 Å². The van der Waals surface area contributed by atoms with Crippen molar-refractivity contribution in [3.05, 3.63) is 70.5 Å². The smallest absolute Gasteiger partial charge is 0.159 e. The van der Waals surface area contributed by atoms with Gasteiger partial charge in [0.05, 0.1) is 0 Å². The van der Waals surface area contributed by atoms with Crippen LogP contribution in [-0.4, -0.2) is 0 Å². The highest BCUT2D eigenvalue weighted by Gasteiger charge is 2.13. The Morgan fingerprint density at radius 2 is 1.38 bits per heavy atom. The predicted molar refractivity (Wildman–Crippen MR) is 79.0 cm³/mol. The second-order valence-corrected chi connectivity index (χ2v) is 5.78. The lowest BCUT2D eigenvalue weighted by Gasteiger charge is -2.15. The molecule has 0 heterocycles. The number of rotatable bonds is 4.